The molecule has 0 radical (unpaired) electrons. The van der Waals surface area contributed by atoms with Crippen molar-refractivity contribution in [3.05, 3.63) is 35.5 Å². The molecule has 0 saturated heterocycles. The number of benzene rings is 1. The van der Waals surface area contributed by atoms with E-state index in [1.165, 1.54) is 7.11 Å². The fraction of sp³-hybridized carbons (Fsp3) is 0.545. The number of aliphatic hydroxyl groups is 2. The minimum absolute atomic E-state index is 0.135. The summed E-state index contributed by atoms with van der Waals surface area (Å²) in [5, 5.41) is 22.8. The lowest BCUT2D eigenvalue weighted by Gasteiger charge is -2.41. The average Bonchev–Trinajstić information content (AvgIpc) is 2.86. The van der Waals surface area contributed by atoms with Crippen molar-refractivity contribution in [3.63, 3.8) is 0 Å². The largest absolute Gasteiger partial charge is 0.468 e. The Labute approximate surface area is 165 Å². The van der Waals surface area contributed by atoms with Gasteiger partial charge in [-0.3, -0.25) is 4.79 Å². The van der Waals surface area contributed by atoms with E-state index in [9.17, 15) is 15.0 Å². The molecule has 6 nitrogen and oxygen atoms in total. The third-order valence-corrected chi connectivity index (χ3v) is 6.84. The second-order valence-corrected chi connectivity index (χ2v) is 8.48. The van der Waals surface area contributed by atoms with Gasteiger partial charge in [0.2, 0.25) is 0 Å². The van der Waals surface area contributed by atoms with Crippen molar-refractivity contribution in [2.75, 3.05) is 20.7 Å². The molecule has 1 aromatic carbocycles. The summed E-state index contributed by atoms with van der Waals surface area (Å²) >= 11 is 0. The topological polar surface area (TPSA) is 74.7 Å². The van der Waals surface area contributed by atoms with Crippen LogP contribution in [0.5, 0.6) is 0 Å². The zero-order valence-corrected chi connectivity index (χ0v) is 16.9. The van der Waals surface area contributed by atoms with Crippen LogP contribution in [0.25, 0.3) is 10.9 Å². The predicted octanol–water partition coefficient (Wildman–Crippen LogP) is 1.66. The van der Waals surface area contributed by atoms with E-state index in [2.05, 4.69) is 0 Å². The number of rotatable bonds is 2. The first-order chi connectivity index (χ1) is 13.3. The number of fused-ring (bicyclic) bond motifs is 4. The van der Waals surface area contributed by atoms with Crippen molar-refractivity contribution < 1.29 is 24.3 Å². The van der Waals surface area contributed by atoms with E-state index in [0.717, 1.165) is 22.2 Å². The van der Waals surface area contributed by atoms with Crippen LogP contribution in [0.2, 0.25) is 0 Å². The fourth-order valence-electron chi connectivity index (χ4n) is 5.65. The third kappa shape index (κ3) is 2.62. The number of nitrogens with zero attached hydrogens (tertiary/aromatic N) is 2. The van der Waals surface area contributed by atoms with E-state index in [-0.39, 0.29) is 17.8 Å². The Bertz CT molecular complexity index is 961. The summed E-state index contributed by atoms with van der Waals surface area (Å²) in [5.74, 6) is -0.649. The summed E-state index contributed by atoms with van der Waals surface area (Å²) in [6.45, 7) is 2.41. The molecule has 2 N–H and O–H groups in total. The zero-order valence-electron chi connectivity index (χ0n) is 16.9. The smallest absolute Gasteiger partial charge is 0.322 e. The Balaban J connectivity index is 1.99. The molecule has 0 bridgehead atoms. The molecule has 2 heterocycles. The second-order valence-electron chi connectivity index (χ2n) is 8.48. The van der Waals surface area contributed by atoms with Gasteiger partial charge < -0.3 is 19.5 Å². The number of para-hydroxylation sites is 1. The van der Waals surface area contributed by atoms with Gasteiger partial charge in [-0.05, 0) is 30.9 Å². The third-order valence-electron chi connectivity index (χ3n) is 6.84. The Morgan fingerprint density at radius 1 is 1.39 bits per heavy atom. The van der Waals surface area contributed by atoms with Crippen molar-refractivity contribution in [2.24, 2.45) is 24.3 Å². The number of ether oxygens (including phenoxy) is 1. The summed E-state index contributed by atoms with van der Waals surface area (Å²) in [6.07, 6.45) is 1.53. The number of carbonyl (C=O) groups excluding carboxylic acids is 1. The molecule has 0 spiro atoms. The molecule has 28 heavy (non-hydrogen) atoms. The molecule has 0 amide bonds. The van der Waals surface area contributed by atoms with Gasteiger partial charge in [-0.15, -0.1) is 0 Å². The van der Waals surface area contributed by atoms with Crippen LogP contribution >= 0.6 is 0 Å². The Morgan fingerprint density at radius 3 is 2.79 bits per heavy atom. The van der Waals surface area contributed by atoms with Gasteiger partial charge in [0, 0.05) is 30.3 Å². The predicted molar refractivity (Wildman–Crippen MR) is 106 cm³/mol. The number of esters is 1. The molecule has 0 fully saturated rings. The maximum absolute atomic E-state index is 13.2. The number of carbonyl (C=O) groups is 1. The van der Waals surface area contributed by atoms with E-state index in [4.69, 9.17) is 4.74 Å². The standard InChI is InChI=1S/C22H29N2O4/c1-13(25)16-11-23(2)12-22(21(27)28-4)10-15-14-7-5-6-8-18(14)24(3)20(15)19(26)9-17(16)22/h5-8,12-13,16-17,19,25-26H,9-11H2,1-4H3/q+1/t13?,16-,17+,19?,22+/m1/s1. The van der Waals surface area contributed by atoms with Crippen LogP contribution in [-0.4, -0.2) is 58.3 Å². The number of methoxy groups -OCH3 is 1. The van der Waals surface area contributed by atoms with Crippen LogP contribution < -0.4 is 0 Å². The van der Waals surface area contributed by atoms with Crippen molar-refractivity contribution in [1.82, 2.24) is 4.57 Å². The second kappa shape index (κ2) is 6.71. The van der Waals surface area contributed by atoms with Gasteiger partial charge in [-0.25, -0.2) is 4.58 Å². The molecule has 1 aliphatic carbocycles. The van der Waals surface area contributed by atoms with Gasteiger partial charge in [0.1, 0.15) is 13.6 Å². The van der Waals surface area contributed by atoms with Crippen LogP contribution in [0.15, 0.2) is 24.3 Å². The lowest BCUT2D eigenvalue weighted by Crippen LogP contribution is -2.54. The first-order valence-electron chi connectivity index (χ1n) is 9.87. The zero-order chi connectivity index (χ0) is 20.2. The highest BCUT2D eigenvalue weighted by molar-refractivity contribution is 5.96. The van der Waals surface area contributed by atoms with Crippen molar-refractivity contribution in [1.29, 1.82) is 0 Å². The van der Waals surface area contributed by atoms with Crippen LogP contribution in [0.3, 0.4) is 0 Å². The maximum Gasteiger partial charge on any atom is 0.322 e. The molecule has 5 atom stereocenters. The molecule has 150 valence electrons. The van der Waals surface area contributed by atoms with Crippen LogP contribution in [0.1, 0.15) is 30.7 Å². The lowest BCUT2D eigenvalue weighted by atomic mass is 9.63. The van der Waals surface area contributed by atoms with Crippen molar-refractivity contribution >= 4 is 23.1 Å². The fourth-order valence-corrected chi connectivity index (χ4v) is 5.65. The van der Waals surface area contributed by atoms with Crippen LogP contribution in [-0.2, 0) is 23.0 Å². The Hall–Kier alpha value is -2.18. The van der Waals surface area contributed by atoms with E-state index in [1.807, 2.05) is 53.7 Å². The summed E-state index contributed by atoms with van der Waals surface area (Å²) < 4.78 is 9.32. The summed E-state index contributed by atoms with van der Waals surface area (Å²) in [7, 11) is 5.31. The lowest BCUT2D eigenvalue weighted by molar-refractivity contribution is -0.516. The quantitative estimate of drug-likeness (QED) is 0.609. The summed E-state index contributed by atoms with van der Waals surface area (Å²) in [4.78, 5) is 13.2. The van der Waals surface area contributed by atoms with Gasteiger partial charge in [-0.2, -0.15) is 0 Å². The molecule has 2 aliphatic rings. The normalized spacial score (nSPS) is 30.8. The van der Waals surface area contributed by atoms with Crippen LogP contribution in [0, 0.1) is 17.3 Å². The average molecular weight is 385 g/mol. The molecule has 2 unspecified atom stereocenters. The highest BCUT2D eigenvalue weighted by Crippen LogP contribution is 2.50. The first-order valence-corrected chi connectivity index (χ1v) is 9.87. The maximum atomic E-state index is 13.2. The Morgan fingerprint density at radius 2 is 2.11 bits per heavy atom. The number of aromatic nitrogens is 1. The number of aliphatic hydroxyl groups excluding tert-OH is 2. The van der Waals surface area contributed by atoms with E-state index in [1.54, 1.807) is 6.92 Å². The van der Waals surface area contributed by atoms with Gasteiger partial charge in [0.25, 0.3) is 0 Å². The highest BCUT2D eigenvalue weighted by atomic mass is 16.5. The summed E-state index contributed by atoms with van der Waals surface area (Å²) in [6, 6.07) is 8.05. The van der Waals surface area contributed by atoms with Gasteiger partial charge in [0.15, 0.2) is 11.6 Å². The molecular formula is C22H29N2O4+. The minimum Gasteiger partial charge on any atom is -0.468 e. The van der Waals surface area contributed by atoms with Crippen LogP contribution in [0.4, 0.5) is 0 Å². The SMILES string of the molecule is COC(=O)[C@@]12C=[N+](C)C[C@H](C(C)O)[C@@H]1CC(O)c1c(c3ccccc3n1C)C2. The van der Waals surface area contributed by atoms with Gasteiger partial charge in [0.05, 0.1) is 25.0 Å². The number of aryl methyl sites for hydroxylation is 1. The van der Waals surface area contributed by atoms with E-state index in [0.29, 0.717) is 19.4 Å². The molecule has 2 aromatic rings. The molecule has 1 aromatic heterocycles. The Kier molecular flexibility index (Phi) is 4.59. The monoisotopic (exact) mass is 385 g/mol. The molecule has 0 saturated carbocycles. The van der Waals surface area contributed by atoms with Crippen molar-refractivity contribution in [2.45, 2.75) is 32.0 Å². The van der Waals surface area contributed by atoms with E-state index >= 15 is 0 Å². The van der Waals surface area contributed by atoms with Gasteiger partial charge in [-0.1, -0.05) is 18.2 Å². The number of hydrogen-bond acceptors (Lipinski definition) is 4. The van der Waals surface area contributed by atoms with Crippen molar-refractivity contribution in [3.8, 4) is 0 Å². The van der Waals surface area contributed by atoms with Gasteiger partial charge >= 0.3 is 5.97 Å². The molecular weight excluding hydrogens is 356 g/mol. The molecule has 6 heteroatoms. The number of hydrogen-bond donors (Lipinski definition) is 2. The molecule has 4 rings (SSSR count). The summed E-state index contributed by atoms with van der Waals surface area (Å²) in [5.41, 5.74) is 1.98. The minimum atomic E-state index is -0.917. The van der Waals surface area contributed by atoms with E-state index < -0.39 is 17.6 Å². The highest BCUT2D eigenvalue weighted by Gasteiger charge is 2.58. The molecule has 1 aliphatic heterocycles. The first kappa shape index (κ1) is 19.2.